The summed E-state index contributed by atoms with van der Waals surface area (Å²) in [5.74, 6) is -0.0682. The number of carbonyl (C=O) groups excluding carboxylic acids is 5. The van der Waals surface area contributed by atoms with Crippen LogP contribution in [-0.2, 0) is 32.0 Å². The maximum Gasteiger partial charge on any atom is 0.407 e. The maximum absolute atomic E-state index is 13.6. The summed E-state index contributed by atoms with van der Waals surface area (Å²) in [6, 6.07) is 13.2. The number of hydrogen-bond donors (Lipinski definition) is 4. The molecule has 2 fully saturated rings. The van der Waals surface area contributed by atoms with Crippen molar-refractivity contribution in [1.29, 1.82) is 0 Å². The Balaban J connectivity index is 0.000000419. The van der Waals surface area contributed by atoms with Gasteiger partial charge in [-0.15, -0.1) is 0 Å². The van der Waals surface area contributed by atoms with Gasteiger partial charge in [0.25, 0.3) is 0 Å². The Kier molecular flexibility index (Phi) is 21.8. The minimum absolute atomic E-state index is 0.0692. The minimum atomic E-state index is -0.892. The van der Waals surface area contributed by atoms with E-state index in [4.69, 9.17) is 33.7 Å². The Morgan fingerprint density at radius 3 is 2.12 bits per heavy atom. The lowest BCUT2D eigenvalue weighted by atomic mass is 9.74. The number of nitrogens with one attached hydrogen (secondary N) is 3. The van der Waals surface area contributed by atoms with Gasteiger partial charge >= 0.3 is 12.1 Å². The van der Waals surface area contributed by atoms with Crippen LogP contribution in [0.15, 0.2) is 48.5 Å². The molecule has 2 aliphatic rings. The molecule has 6 amide bonds. The summed E-state index contributed by atoms with van der Waals surface area (Å²) in [5.41, 5.74) is 5.94. The fraction of sp³-hybridized carbons (Fsp3) is 0.605. The van der Waals surface area contributed by atoms with Crippen molar-refractivity contribution >= 4 is 53.0 Å². The smallest absolute Gasteiger partial charge is 0.407 e. The molecule has 5 N–H and O–H groups in total. The molecule has 2 unspecified atom stereocenters. The van der Waals surface area contributed by atoms with Gasteiger partial charge in [0.1, 0.15) is 11.6 Å². The molecule has 0 saturated carbocycles. The monoisotopic (exact) mass is 832 g/mol. The quantitative estimate of drug-likeness (QED) is 0.143. The molecule has 57 heavy (non-hydrogen) atoms. The SMILES string of the molecule is CC.CC(C)(C)OC(=O)NCCCCCC(=O)N1CCCCC1.CCNC(=O)C1(Cc2ccccc2)CCCN(C(=O)C(Cc2ccc(Cl)c(Cl)c2)NC(N)=O)C1. The predicted octanol–water partition coefficient (Wildman–Crippen LogP) is 7.67. The van der Waals surface area contributed by atoms with E-state index in [0.717, 1.165) is 56.3 Å². The van der Waals surface area contributed by atoms with Crippen molar-refractivity contribution in [3.63, 3.8) is 0 Å². The number of hydrogen-bond acceptors (Lipinski definition) is 6. The molecular formula is C43H66Cl2N6O6. The highest BCUT2D eigenvalue weighted by molar-refractivity contribution is 6.42. The lowest BCUT2D eigenvalue weighted by Gasteiger charge is -2.43. The third-order valence-corrected chi connectivity index (χ3v) is 10.3. The van der Waals surface area contributed by atoms with Gasteiger partial charge in [-0.25, -0.2) is 9.59 Å². The predicted molar refractivity (Wildman–Crippen MR) is 228 cm³/mol. The summed E-state index contributed by atoms with van der Waals surface area (Å²) in [5, 5.41) is 9.02. The van der Waals surface area contributed by atoms with Crippen LogP contribution in [0, 0.1) is 5.41 Å². The number of nitrogens with zero attached hydrogens (tertiary/aromatic N) is 2. The zero-order valence-corrected chi connectivity index (χ0v) is 36.4. The van der Waals surface area contributed by atoms with Gasteiger partial charge in [0.15, 0.2) is 0 Å². The Labute approximate surface area is 350 Å². The largest absolute Gasteiger partial charge is 0.444 e. The number of carbonyl (C=O) groups is 5. The highest BCUT2D eigenvalue weighted by Crippen LogP contribution is 2.35. The third kappa shape index (κ3) is 18.0. The van der Waals surface area contributed by atoms with Crippen molar-refractivity contribution in [3.05, 3.63) is 69.7 Å². The summed E-state index contributed by atoms with van der Waals surface area (Å²) in [7, 11) is 0. The van der Waals surface area contributed by atoms with Crippen molar-refractivity contribution in [2.24, 2.45) is 11.1 Å². The van der Waals surface area contributed by atoms with E-state index in [0.29, 0.717) is 55.4 Å². The number of ether oxygens (including phenoxy) is 1. The molecule has 0 radical (unpaired) electrons. The van der Waals surface area contributed by atoms with Gasteiger partial charge in [-0.3, -0.25) is 14.4 Å². The van der Waals surface area contributed by atoms with Crippen LogP contribution in [0.3, 0.4) is 0 Å². The third-order valence-electron chi connectivity index (χ3n) is 9.58. The van der Waals surface area contributed by atoms with Crippen LogP contribution in [0.25, 0.3) is 0 Å². The number of amides is 6. The molecule has 4 rings (SSSR count). The van der Waals surface area contributed by atoms with Crippen molar-refractivity contribution in [3.8, 4) is 0 Å². The molecule has 0 aromatic heterocycles. The number of alkyl carbamates (subject to hydrolysis) is 1. The second kappa shape index (κ2) is 25.4. The first-order valence-electron chi connectivity index (χ1n) is 20.5. The van der Waals surface area contributed by atoms with E-state index in [1.165, 1.54) is 6.42 Å². The number of halogens is 2. The molecule has 2 heterocycles. The second-order valence-corrected chi connectivity index (χ2v) is 16.2. The molecule has 2 aromatic rings. The highest BCUT2D eigenvalue weighted by Gasteiger charge is 2.44. The molecular weight excluding hydrogens is 767 g/mol. The average Bonchev–Trinajstić information content (AvgIpc) is 3.18. The molecule has 0 spiro atoms. The summed E-state index contributed by atoms with van der Waals surface area (Å²) in [6.07, 6.45) is 8.58. The van der Waals surface area contributed by atoms with E-state index >= 15 is 0 Å². The van der Waals surface area contributed by atoms with Crippen LogP contribution in [0.2, 0.25) is 10.0 Å². The van der Waals surface area contributed by atoms with E-state index in [1.807, 2.05) is 76.8 Å². The number of piperidine rings is 2. The summed E-state index contributed by atoms with van der Waals surface area (Å²) in [4.78, 5) is 65.5. The second-order valence-electron chi connectivity index (χ2n) is 15.4. The zero-order chi connectivity index (χ0) is 42.4. The average molecular weight is 834 g/mol. The number of nitrogens with two attached hydrogens (primary N) is 1. The molecule has 2 saturated heterocycles. The van der Waals surface area contributed by atoms with Crippen LogP contribution in [-0.4, -0.2) is 90.6 Å². The molecule has 2 aliphatic heterocycles. The van der Waals surface area contributed by atoms with E-state index < -0.39 is 23.1 Å². The maximum atomic E-state index is 13.6. The number of primary amides is 1. The first-order valence-corrected chi connectivity index (χ1v) is 21.2. The van der Waals surface area contributed by atoms with E-state index in [2.05, 4.69) is 16.0 Å². The lowest BCUT2D eigenvalue weighted by Crippen LogP contribution is -2.58. The van der Waals surface area contributed by atoms with Crippen molar-refractivity contribution in [1.82, 2.24) is 25.8 Å². The minimum Gasteiger partial charge on any atom is -0.444 e. The van der Waals surface area contributed by atoms with Crippen molar-refractivity contribution in [2.75, 3.05) is 39.3 Å². The molecule has 2 aromatic carbocycles. The summed E-state index contributed by atoms with van der Waals surface area (Å²) in [6.45, 7) is 15.1. The summed E-state index contributed by atoms with van der Waals surface area (Å²) < 4.78 is 5.15. The Morgan fingerprint density at radius 1 is 0.842 bits per heavy atom. The van der Waals surface area contributed by atoms with E-state index in [9.17, 15) is 24.0 Å². The van der Waals surface area contributed by atoms with Crippen LogP contribution in [0.1, 0.15) is 110 Å². The first-order chi connectivity index (χ1) is 27.1. The van der Waals surface area contributed by atoms with Gasteiger partial charge in [-0.1, -0.05) is 79.9 Å². The molecule has 12 nitrogen and oxygen atoms in total. The molecule has 318 valence electrons. The van der Waals surface area contributed by atoms with Gasteiger partial charge < -0.3 is 36.2 Å². The Bertz CT molecular complexity index is 1570. The number of benzene rings is 2. The Morgan fingerprint density at radius 2 is 1.51 bits per heavy atom. The zero-order valence-electron chi connectivity index (χ0n) is 34.9. The first kappa shape index (κ1) is 49.1. The highest BCUT2D eigenvalue weighted by atomic mass is 35.5. The van der Waals surface area contributed by atoms with Gasteiger partial charge in [0.2, 0.25) is 17.7 Å². The van der Waals surface area contributed by atoms with E-state index in [-0.39, 0.29) is 36.8 Å². The Hall–Kier alpha value is -4.03. The molecule has 2 atom stereocenters. The standard InChI is InChI=1S/C25H30Cl2N4O3.C16H30N2O3.C2H6/c1-2-29-23(33)25(15-17-7-4-3-5-8-17)11-6-12-31(16-25)22(32)21(30-24(28)34)14-18-9-10-19(26)20(27)13-18;1-16(2,3)21-15(20)17-11-7-4-6-10-14(19)18-12-8-5-9-13-18;1-2/h3-5,7-10,13,21H,2,6,11-12,14-16H2,1H3,(H,29,33)(H3,28,30,34);4-13H2,1-3H3,(H,17,20);1-2H3. The fourth-order valence-electron chi connectivity index (χ4n) is 6.94. The number of likely N-dealkylation sites (tertiary alicyclic amines) is 2. The van der Waals surface area contributed by atoms with Gasteiger partial charge in [0, 0.05) is 52.1 Å². The van der Waals surface area contributed by atoms with Crippen molar-refractivity contribution in [2.45, 2.75) is 124 Å². The molecule has 0 aliphatic carbocycles. The molecule has 0 bridgehead atoms. The van der Waals surface area contributed by atoms with Crippen LogP contribution in [0.4, 0.5) is 9.59 Å². The number of rotatable bonds is 14. The van der Waals surface area contributed by atoms with Crippen LogP contribution in [0.5, 0.6) is 0 Å². The molecule has 14 heteroatoms. The summed E-state index contributed by atoms with van der Waals surface area (Å²) >= 11 is 12.1. The lowest BCUT2D eigenvalue weighted by molar-refractivity contribution is -0.142. The van der Waals surface area contributed by atoms with Gasteiger partial charge in [0.05, 0.1) is 15.5 Å². The topological polar surface area (TPSA) is 163 Å². The number of unbranched alkanes of at least 4 members (excludes halogenated alkanes) is 2. The normalized spacial score (nSPS) is 17.1. The van der Waals surface area contributed by atoms with Crippen LogP contribution >= 0.6 is 23.2 Å². The fourth-order valence-corrected chi connectivity index (χ4v) is 7.26. The van der Waals surface area contributed by atoms with Gasteiger partial charge in [-0.2, -0.15) is 0 Å². The van der Waals surface area contributed by atoms with E-state index in [1.54, 1.807) is 23.1 Å². The van der Waals surface area contributed by atoms with Crippen LogP contribution < -0.4 is 21.7 Å². The van der Waals surface area contributed by atoms with Crippen molar-refractivity contribution < 1.29 is 28.7 Å². The number of urea groups is 1. The van der Waals surface area contributed by atoms with Gasteiger partial charge in [-0.05, 0) is 102 Å².